The van der Waals surface area contributed by atoms with Crippen LogP contribution in [0.25, 0.3) is 0 Å². The van der Waals surface area contributed by atoms with Gasteiger partial charge in [-0.15, -0.1) is 0 Å². The summed E-state index contributed by atoms with van der Waals surface area (Å²) < 4.78 is 11.1. The van der Waals surface area contributed by atoms with E-state index in [-0.39, 0.29) is 18.2 Å². The van der Waals surface area contributed by atoms with Crippen molar-refractivity contribution < 1.29 is 19.1 Å². The number of Topliss-reactive ketones (excluding diaryl/α,β-unsaturated/α-hetero) is 1. The molecule has 136 valence electrons. The second-order valence-corrected chi connectivity index (χ2v) is 6.30. The molecule has 0 fully saturated rings. The van der Waals surface area contributed by atoms with Gasteiger partial charge in [0.1, 0.15) is 13.2 Å². The van der Waals surface area contributed by atoms with Gasteiger partial charge < -0.3 is 14.8 Å². The largest absolute Gasteiger partial charge is 0.486 e. The smallest absolute Gasteiger partial charge is 0.238 e. The quantitative estimate of drug-likeness (QED) is 0.808. The van der Waals surface area contributed by atoms with Gasteiger partial charge in [0.2, 0.25) is 5.91 Å². The lowest BCUT2D eigenvalue weighted by Gasteiger charge is -2.21. The van der Waals surface area contributed by atoms with Crippen molar-refractivity contribution in [2.75, 3.05) is 32.1 Å². The van der Waals surface area contributed by atoms with Crippen molar-refractivity contribution in [1.82, 2.24) is 4.90 Å². The summed E-state index contributed by atoms with van der Waals surface area (Å²) in [6.07, 6.45) is 0. The Morgan fingerprint density at radius 2 is 1.81 bits per heavy atom. The zero-order chi connectivity index (χ0) is 18.5. The predicted octanol–water partition coefficient (Wildman–Crippen LogP) is 2.73. The van der Waals surface area contributed by atoms with Crippen LogP contribution >= 0.6 is 0 Å². The van der Waals surface area contributed by atoms with Crippen molar-refractivity contribution in [3.63, 3.8) is 0 Å². The number of hydrogen-bond donors (Lipinski definition) is 1. The van der Waals surface area contributed by atoms with Gasteiger partial charge in [0.25, 0.3) is 0 Å². The lowest BCUT2D eigenvalue weighted by molar-refractivity contribution is -0.117. The van der Waals surface area contributed by atoms with Crippen molar-refractivity contribution in [3.8, 4) is 11.5 Å². The first-order valence-electron chi connectivity index (χ1n) is 8.50. The third-order valence-corrected chi connectivity index (χ3v) is 4.05. The molecule has 1 N–H and O–H groups in total. The van der Waals surface area contributed by atoms with Gasteiger partial charge in [-0.05, 0) is 43.8 Å². The Kier molecular flexibility index (Phi) is 5.53. The van der Waals surface area contributed by atoms with Crippen LogP contribution in [-0.2, 0) is 11.3 Å². The summed E-state index contributed by atoms with van der Waals surface area (Å²) in [7, 11) is 1.87. The zero-order valence-electron chi connectivity index (χ0n) is 15.0. The third kappa shape index (κ3) is 4.40. The van der Waals surface area contributed by atoms with E-state index in [0.29, 0.717) is 31.0 Å². The first-order chi connectivity index (χ1) is 12.5. The Bertz CT molecular complexity index is 819. The maximum atomic E-state index is 12.3. The number of likely N-dealkylation sites (N-methyl/N-ethyl adjacent to an activating group) is 1. The molecule has 0 aliphatic carbocycles. The molecular formula is C20H22N2O4. The van der Waals surface area contributed by atoms with E-state index >= 15 is 0 Å². The number of fused-ring (bicyclic) bond motifs is 1. The predicted molar refractivity (Wildman–Crippen MR) is 98.8 cm³/mol. The summed E-state index contributed by atoms with van der Waals surface area (Å²) in [4.78, 5) is 25.9. The molecule has 0 unspecified atom stereocenters. The number of carbonyl (C=O) groups excluding carboxylic acids is 2. The van der Waals surface area contributed by atoms with Crippen LogP contribution in [0, 0.1) is 0 Å². The normalized spacial score (nSPS) is 12.7. The molecule has 0 radical (unpaired) electrons. The molecule has 26 heavy (non-hydrogen) atoms. The second kappa shape index (κ2) is 8.01. The Hall–Kier alpha value is -2.86. The van der Waals surface area contributed by atoms with Crippen molar-refractivity contribution in [3.05, 3.63) is 53.6 Å². The van der Waals surface area contributed by atoms with E-state index < -0.39 is 0 Å². The number of amides is 1. The molecule has 2 aromatic carbocycles. The van der Waals surface area contributed by atoms with Gasteiger partial charge in [0.05, 0.1) is 12.2 Å². The minimum atomic E-state index is -0.168. The third-order valence-electron chi connectivity index (χ3n) is 4.05. The monoisotopic (exact) mass is 354 g/mol. The summed E-state index contributed by atoms with van der Waals surface area (Å²) in [5, 5.41) is 2.81. The van der Waals surface area contributed by atoms with Gasteiger partial charge in [-0.1, -0.05) is 18.2 Å². The maximum Gasteiger partial charge on any atom is 0.238 e. The van der Waals surface area contributed by atoms with E-state index in [4.69, 9.17) is 9.47 Å². The Balaban J connectivity index is 1.59. The molecule has 1 amide bonds. The number of para-hydroxylation sites is 1. The van der Waals surface area contributed by atoms with Crippen molar-refractivity contribution in [2.24, 2.45) is 0 Å². The van der Waals surface area contributed by atoms with E-state index in [0.717, 1.165) is 17.1 Å². The van der Waals surface area contributed by atoms with Crippen LogP contribution < -0.4 is 14.8 Å². The number of anilines is 1. The molecule has 6 nitrogen and oxygen atoms in total. The highest BCUT2D eigenvalue weighted by Gasteiger charge is 2.14. The number of hydrogen-bond acceptors (Lipinski definition) is 5. The average molecular weight is 354 g/mol. The molecule has 0 saturated carbocycles. The maximum absolute atomic E-state index is 12.3. The summed E-state index contributed by atoms with van der Waals surface area (Å²) in [5.41, 5.74) is 2.08. The van der Waals surface area contributed by atoms with E-state index in [1.54, 1.807) is 24.3 Å². The topological polar surface area (TPSA) is 67.9 Å². The molecule has 6 heteroatoms. The van der Waals surface area contributed by atoms with E-state index in [9.17, 15) is 9.59 Å². The molecule has 0 saturated heterocycles. The minimum absolute atomic E-state index is 0.0782. The molecule has 0 aromatic heterocycles. The van der Waals surface area contributed by atoms with E-state index in [1.807, 2.05) is 30.1 Å². The van der Waals surface area contributed by atoms with Crippen molar-refractivity contribution >= 4 is 17.4 Å². The van der Waals surface area contributed by atoms with Crippen LogP contribution in [0.3, 0.4) is 0 Å². The van der Waals surface area contributed by atoms with Crippen LogP contribution in [0.1, 0.15) is 22.8 Å². The van der Waals surface area contributed by atoms with Crippen molar-refractivity contribution in [1.29, 1.82) is 0 Å². The summed E-state index contributed by atoms with van der Waals surface area (Å²) in [6, 6.07) is 12.8. The SMILES string of the molecule is CC(=O)c1ccccc1NC(=O)CN(C)Cc1ccc2c(c1)OCCO2. The first kappa shape index (κ1) is 17.9. The summed E-state index contributed by atoms with van der Waals surface area (Å²) in [5.74, 6) is 1.24. The second-order valence-electron chi connectivity index (χ2n) is 6.30. The summed E-state index contributed by atoms with van der Waals surface area (Å²) in [6.45, 7) is 3.40. The molecule has 1 aliphatic rings. The van der Waals surface area contributed by atoms with Gasteiger partial charge in [-0.3, -0.25) is 14.5 Å². The highest BCUT2D eigenvalue weighted by Crippen LogP contribution is 2.31. The zero-order valence-corrected chi connectivity index (χ0v) is 15.0. The highest BCUT2D eigenvalue weighted by molar-refractivity contribution is 6.04. The number of nitrogens with one attached hydrogen (secondary N) is 1. The Morgan fingerprint density at radius 3 is 2.58 bits per heavy atom. The molecule has 0 spiro atoms. The Labute approximate surface area is 152 Å². The average Bonchev–Trinajstić information content (AvgIpc) is 2.61. The minimum Gasteiger partial charge on any atom is -0.486 e. The van der Waals surface area contributed by atoms with E-state index in [2.05, 4.69) is 5.32 Å². The van der Waals surface area contributed by atoms with Gasteiger partial charge >= 0.3 is 0 Å². The van der Waals surface area contributed by atoms with E-state index in [1.165, 1.54) is 6.92 Å². The van der Waals surface area contributed by atoms with Crippen LogP contribution in [0.2, 0.25) is 0 Å². The molecule has 3 rings (SSSR count). The number of nitrogens with zero attached hydrogens (tertiary/aromatic N) is 1. The molecule has 0 atom stereocenters. The fraction of sp³-hybridized carbons (Fsp3) is 0.300. The molecule has 1 aliphatic heterocycles. The number of carbonyl (C=O) groups is 2. The standard InChI is InChI=1S/C20H22N2O4/c1-14(23)16-5-3-4-6-17(16)21-20(24)13-22(2)12-15-7-8-18-19(11-15)26-10-9-25-18/h3-8,11H,9-10,12-13H2,1-2H3,(H,21,24). The fourth-order valence-electron chi connectivity index (χ4n) is 2.89. The highest BCUT2D eigenvalue weighted by atomic mass is 16.6. The molecule has 0 bridgehead atoms. The van der Waals surface area contributed by atoms with Crippen LogP contribution in [0.5, 0.6) is 11.5 Å². The molecule has 2 aromatic rings. The van der Waals surface area contributed by atoms with Gasteiger partial charge in [0.15, 0.2) is 17.3 Å². The number of rotatable bonds is 6. The Morgan fingerprint density at radius 1 is 1.08 bits per heavy atom. The lowest BCUT2D eigenvalue weighted by Crippen LogP contribution is -2.30. The number of ether oxygens (including phenoxy) is 2. The fourth-order valence-corrected chi connectivity index (χ4v) is 2.89. The number of benzene rings is 2. The van der Waals surface area contributed by atoms with Crippen molar-refractivity contribution in [2.45, 2.75) is 13.5 Å². The molecular weight excluding hydrogens is 332 g/mol. The van der Waals surface area contributed by atoms with Gasteiger partial charge in [0, 0.05) is 12.1 Å². The van der Waals surface area contributed by atoms with Crippen LogP contribution in [0.4, 0.5) is 5.69 Å². The molecule has 1 heterocycles. The first-order valence-corrected chi connectivity index (χ1v) is 8.50. The van der Waals surface area contributed by atoms with Crippen LogP contribution in [-0.4, -0.2) is 43.4 Å². The number of ketones is 1. The summed E-state index contributed by atoms with van der Waals surface area (Å²) >= 11 is 0. The van der Waals surface area contributed by atoms with Gasteiger partial charge in [-0.2, -0.15) is 0 Å². The van der Waals surface area contributed by atoms with Gasteiger partial charge in [-0.25, -0.2) is 0 Å². The lowest BCUT2D eigenvalue weighted by atomic mass is 10.1. The van der Waals surface area contributed by atoms with Crippen LogP contribution in [0.15, 0.2) is 42.5 Å².